The zero-order valence-electron chi connectivity index (χ0n) is 10.4. The second-order valence-corrected chi connectivity index (χ2v) is 3.89. The van der Waals surface area contributed by atoms with Crippen molar-refractivity contribution in [3.05, 3.63) is 66.7 Å². The van der Waals surface area contributed by atoms with Crippen molar-refractivity contribution >= 4 is 6.08 Å². The summed E-state index contributed by atoms with van der Waals surface area (Å²) in [5.41, 5.74) is 1.07. The van der Waals surface area contributed by atoms with Crippen molar-refractivity contribution in [1.82, 2.24) is 0 Å². The van der Waals surface area contributed by atoms with Crippen molar-refractivity contribution in [2.45, 2.75) is 13.2 Å². The van der Waals surface area contributed by atoms with Gasteiger partial charge in [-0.25, -0.2) is 0 Å². The fourth-order valence-electron chi connectivity index (χ4n) is 1.59. The van der Waals surface area contributed by atoms with Gasteiger partial charge in [0.2, 0.25) is 6.29 Å². The van der Waals surface area contributed by atoms with Gasteiger partial charge in [-0.3, -0.25) is 0 Å². The van der Waals surface area contributed by atoms with Gasteiger partial charge in [0.05, 0.1) is 0 Å². The molecule has 2 aromatic rings. The predicted octanol–water partition coefficient (Wildman–Crippen LogP) is 4.13. The molecular weight excluding hydrogens is 224 g/mol. The second kappa shape index (κ2) is 5.92. The van der Waals surface area contributed by atoms with Gasteiger partial charge in [0.15, 0.2) is 0 Å². The first-order chi connectivity index (χ1) is 8.78. The molecule has 2 rings (SSSR count). The summed E-state index contributed by atoms with van der Waals surface area (Å²) in [5.74, 6) is 1.58. The van der Waals surface area contributed by atoms with Crippen LogP contribution in [0.25, 0.3) is 6.08 Å². The van der Waals surface area contributed by atoms with E-state index in [2.05, 4.69) is 6.58 Å². The molecule has 0 heterocycles. The van der Waals surface area contributed by atoms with Gasteiger partial charge in [0, 0.05) is 6.92 Å². The molecule has 18 heavy (non-hydrogen) atoms. The third-order valence-corrected chi connectivity index (χ3v) is 2.46. The molecule has 0 bridgehead atoms. The van der Waals surface area contributed by atoms with Gasteiger partial charge >= 0.3 is 0 Å². The molecule has 2 aromatic carbocycles. The highest BCUT2D eigenvalue weighted by Crippen LogP contribution is 2.17. The molecule has 0 fully saturated rings. The number of benzene rings is 2. The molecule has 2 heteroatoms. The first-order valence-electron chi connectivity index (χ1n) is 5.89. The van der Waals surface area contributed by atoms with Gasteiger partial charge < -0.3 is 9.47 Å². The molecule has 0 aromatic heterocycles. The van der Waals surface area contributed by atoms with E-state index < -0.39 is 0 Å². The molecule has 0 radical (unpaired) electrons. The summed E-state index contributed by atoms with van der Waals surface area (Å²) in [6.45, 7) is 5.58. The zero-order valence-corrected chi connectivity index (χ0v) is 10.4. The summed E-state index contributed by atoms with van der Waals surface area (Å²) in [7, 11) is 0. The Morgan fingerprint density at radius 3 is 2.00 bits per heavy atom. The lowest BCUT2D eigenvalue weighted by molar-refractivity contribution is 0.0223. The average molecular weight is 240 g/mol. The normalized spacial score (nSPS) is 11.6. The first kappa shape index (κ1) is 12.2. The summed E-state index contributed by atoms with van der Waals surface area (Å²) in [4.78, 5) is 0. The number of para-hydroxylation sites is 1. The summed E-state index contributed by atoms with van der Waals surface area (Å²) < 4.78 is 11.3. The largest absolute Gasteiger partial charge is 0.455 e. The molecular formula is C16H16O2. The van der Waals surface area contributed by atoms with Crippen LogP contribution in [0.15, 0.2) is 61.2 Å². The van der Waals surface area contributed by atoms with Gasteiger partial charge in [-0.05, 0) is 29.8 Å². The van der Waals surface area contributed by atoms with Crippen LogP contribution < -0.4 is 9.47 Å². The Bertz CT molecular complexity index is 488. The lowest BCUT2D eigenvalue weighted by Crippen LogP contribution is -2.19. The van der Waals surface area contributed by atoms with E-state index >= 15 is 0 Å². The fourth-order valence-corrected chi connectivity index (χ4v) is 1.59. The highest BCUT2D eigenvalue weighted by Gasteiger charge is 2.04. The first-order valence-corrected chi connectivity index (χ1v) is 5.89. The molecule has 0 N–H and O–H groups in total. The Kier molecular flexibility index (Phi) is 4.02. The minimum absolute atomic E-state index is 0.331. The van der Waals surface area contributed by atoms with Crippen molar-refractivity contribution in [3.8, 4) is 11.5 Å². The van der Waals surface area contributed by atoms with E-state index in [-0.39, 0.29) is 6.29 Å². The van der Waals surface area contributed by atoms with Gasteiger partial charge in [0.1, 0.15) is 11.5 Å². The quantitative estimate of drug-likeness (QED) is 0.731. The number of hydrogen-bond acceptors (Lipinski definition) is 2. The van der Waals surface area contributed by atoms with Gasteiger partial charge in [-0.2, -0.15) is 0 Å². The lowest BCUT2D eigenvalue weighted by Gasteiger charge is -2.16. The number of ether oxygens (including phenoxy) is 2. The minimum atomic E-state index is -0.331. The van der Waals surface area contributed by atoms with E-state index in [0.717, 1.165) is 17.1 Å². The Balaban J connectivity index is 1.94. The van der Waals surface area contributed by atoms with Crippen LogP contribution in [0.2, 0.25) is 0 Å². The van der Waals surface area contributed by atoms with Crippen LogP contribution in [-0.4, -0.2) is 6.29 Å². The lowest BCUT2D eigenvalue weighted by atomic mass is 10.2. The van der Waals surface area contributed by atoms with Crippen molar-refractivity contribution < 1.29 is 9.47 Å². The molecule has 2 nitrogen and oxygen atoms in total. The molecule has 0 saturated carbocycles. The van der Waals surface area contributed by atoms with Crippen LogP contribution in [0.1, 0.15) is 12.5 Å². The molecule has 0 saturated heterocycles. The highest BCUT2D eigenvalue weighted by atomic mass is 16.7. The summed E-state index contributed by atoms with van der Waals surface area (Å²) >= 11 is 0. The Morgan fingerprint density at radius 2 is 1.44 bits per heavy atom. The van der Waals surface area contributed by atoms with Crippen LogP contribution >= 0.6 is 0 Å². The summed E-state index contributed by atoms with van der Waals surface area (Å²) in [6.07, 6.45) is 1.47. The molecule has 0 aliphatic heterocycles. The maximum absolute atomic E-state index is 5.66. The van der Waals surface area contributed by atoms with E-state index in [1.807, 2.05) is 61.5 Å². The van der Waals surface area contributed by atoms with Crippen molar-refractivity contribution in [1.29, 1.82) is 0 Å². The van der Waals surface area contributed by atoms with Crippen LogP contribution in [0.4, 0.5) is 0 Å². The number of rotatable bonds is 5. The standard InChI is InChI=1S/C16H16O2/c1-3-14-9-11-16(12-10-14)18-13(2)17-15-7-5-4-6-8-15/h3-13H,1H2,2H3. The molecule has 1 unspecified atom stereocenters. The fraction of sp³-hybridized carbons (Fsp3) is 0.125. The van der Waals surface area contributed by atoms with Crippen LogP contribution in [-0.2, 0) is 0 Å². The summed E-state index contributed by atoms with van der Waals surface area (Å²) in [5, 5.41) is 0. The van der Waals surface area contributed by atoms with E-state index in [0.29, 0.717) is 0 Å². The molecule has 0 amide bonds. The zero-order chi connectivity index (χ0) is 12.8. The van der Waals surface area contributed by atoms with E-state index in [1.54, 1.807) is 6.08 Å². The van der Waals surface area contributed by atoms with Gasteiger partial charge in [-0.15, -0.1) is 0 Å². The SMILES string of the molecule is C=Cc1ccc(OC(C)Oc2ccccc2)cc1. The average Bonchev–Trinajstić information content (AvgIpc) is 2.40. The van der Waals surface area contributed by atoms with Crippen LogP contribution in [0.5, 0.6) is 11.5 Å². The van der Waals surface area contributed by atoms with Gasteiger partial charge in [0.25, 0.3) is 0 Å². The third-order valence-electron chi connectivity index (χ3n) is 2.46. The molecule has 1 atom stereocenters. The van der Waals surface area contributed by atoms with Crippen molar-refractivity contribution in [2.75, 3.05) is 0 Å². The van der Waals surface area contributed by atoms with Crippen molar-refractivity contribution in [3.63, 3.8) is 0 Å². The highest BCUT2D eigenvalue weighted by molar-refractivity contribution is 5.48. The molecule has 0 aliphatic rings. The van der Waals surface area contributed by atoms with E-state index in [9.17, 15) is 0 Å². The monoisotopic (exact) mass is 240 g/mol. The van der Waals surface area contributed by atoms with E-state index in [4.69, 9.17) is 9.47 Å². The Labute approximate surface area is 107 Å². The molecule has 92 valence electrons. The maximum Gasteiger partial charge on any atom is 0.238 e. The number of hydrogen-bond donors (Lipinski definition) is 0. The predicted molar refractivity (Wildman–Crippen MR) is 73.7 cm³/mol. The Hall–Kier alpha value is -2.22. The molecule has 0 aliphatic carbocycles. The topological polar surface area (TPSA) is 18.5 Å². The smallest absolute Gasteiger partial charge is 0.238 e. The van der Waals surface area contributed by atoms with Crippen LogP contribution in [0.3, 0.4) is 0 Å². The molecule has 0 spiro atoms. The minimum Gasteiger partial charge on any atom is -0.455 e. The van der Waals surface area contributed by atoms with Crippen molar-refractivity contribution in [2.24, 2.45) is 0 Å². The van der Waals surface area contributed by atoms with Gasteiger partial charge in [-0.1, -0.05) is 43.0 Å². The van der Waals surface area contributed by atoms with Crippen LogP contribution in [0, 0.1) is 0 Å². The Morgan fingerprint density at radius 1 is 0.889 bits per heavy atom. The third kappa shape index (κ3) is 3.39. The summed E-state index contributed by atoms with van der Waals surface area (Å²) in [6, 6.07) is 17.3. The van der Waals surface area contributed by atoms with E-state index in [1.165, 1.54) is 0 Å². The maximum atomic E-state index is 5.66. The second-order valence-electron chi connectivity index (χ2n) is 3.89.